The summed E-state index contributed by atoms with van der Waals surface area (Å²) in [6.45, 7) is 1.46. The molecule has 2 aromatic carbocycles. The molecular formula is C24H23F3N2O4. The molecule has 3 aliphatic rings. The minimum Gasteiger partial charge on any atom is -0.454 e. The summed E-state index contributed by atoms with van der Waals surface area (Å²) in [6, 6.07) is 10.1. The van der Waals surface area contributed by atoms with Crippen LogP contribution >= 0.6 is 0 Å². The van der Waals surface area contributed by atoms with Gasteiger partial charge in [0.05, 0.1) is 5.56 Å². The number of alkyl halides is 3. The molecule has 2 fully saturated rings. The zero-order valence-electron chi connectivity index (χ0n) is 17.8. The maximum absolute atomic E-state index is 13.1. The monoisotopic (exact) mass is 460 g/mol. The largest absolute Gasteiger partial charge is 0.454 e. The highest BCUT2D eigenvalue weighted by molar-refractivity contribution is 5.95. The molecule has 3 heterocycles. The number of hydrogen-bond donors (Lipinski definition) is 0. The van der Waals surface area contributed by atoms with Gasteiger partial charge in [-0.2, -0.15) is 13.2 Å². The molecule has 2 aromatic rings. The van der Waals surface area contributed by atoms with Crippen LogP contribution in [-0.4, -0.2) is 47.5 Å². The number of nitrogens with zero attached hydrogens (tertiary/aromatic N) is 2. The van der Waals surface area contributed by atoms with E-state index in [0.29, 0.717) is 55.0 Å². The molecule has 9 heteroatoms. The highest BCUT2D eigenvalue weighted by Crippen LogP contribution is 2.36. The molecule has 0 aromatic heterocycles. The smallest absolute Gasteiger partial charge is 0.416 e. The van der Waals surface area contributed by atoms with Crippen molar-refractivity contribution < 1.29 is 32.2 Å². The van der Waals surface area contributed by atoms with Crippen molar-refractivity contribution in [2.45, 2.75) is 38.0 Å². The van der Waals surface area contributed by atoms with Crippen LogP contribution in [-0.2, 0) is 17.5 Å². The molecule has 0 radical (unpaired) electrons. The van der Waals surface area contributed by atoms with Gasteiger partial charge in [-0.25, -0.2) is 0 Å². The maximum Gasteiger partial charge on any atom is 0.416 e. The van der Waals surface area contributed by atoms with Gasteiger partial charge in [-0.05, 0) is 54.7 Å². The van der Waals surface area contributed by atoms with Gasteiger partial charge in [0.2, 0.25) is 12.7 Å². The Morgan fingerprint density at radius 2 is 1.79 bits per heavy atom. The lowest BCUT2D eigenvalue weighted by atomic mass is 9.83. The number of piperidine rings is 2. The average Bonchev–Trinajstić information content (AvgIpc) is 3.28. The molecule has 5 rings (SSSR count). The number of halogens is 3. The number of rotatable bonds is 3. The molecular weight excluding hydrogens is 437 g/mol. The zero-order valence-corrected chi connectivity index (χ0v) is 17.8. The Hall–Kier alpha value is -3.23. The minimum absolute atomic E-state index is 0.00620. The molecule has 0 aliphatic carbocycles. The molecule has 0 N–H and O–H groups in total. The predicted molar refractivity (Wildman–Crippen MR) is 112 cm³/mol. The third-order valence-electron chi connectivity index (χ3n) is 6.68. The van der Waals surface area contributed by atoms with Crippen LogP contribution in [0.3, 0.4) is 0 Å². The van der Waals surface area contributed by atoms with Gasteiger partial charge in [-0.15, -0.1) is 0 Å². The van der Waals surface area contributed by atoms with Crippen LogP contribution in [0.25, 0.3) is 0 Å². The number of likely N-dealkylation sites (tertiary alicyclic amines) is 2. The summed E-state index contributed by atoms with van der Waals surface area (Å²) < 4.78 is 49.2. The van der Waals surface area contributed by atoms with Gasteiger partial charge in [-0.1, -0.05) is 12.1 Å². The molecule has 0 spiro atoms. The van der Waals surface area contributed by atoms with E-state index in [1.165, 1.54) is 12.1 Å². The lowest BCUT2D eigenvalue weighted by Crippen LogP contribution is -2.56. The normalized spacial score (nSPS) is 22.3. The highest BCUT2D eigenvalue weighted by atomic mass is 19.4. The van der Waals surface area contributed by atoms with Crippen molar-refractivity contribution in [2.24, 2.45) is 5.92 Å². The van der Waals surface area contributed by atoms with Crippen molar-refractivity contribution in [1.29, 1.82) is 0 Å². The quantitative estimate of drug-likeness (QED) is 0.693. The molecule has 3 aliphatic heterocycles. The Morgan fingerprint density at radius 3 is 2.55 bits per heavy atom. The van der Waals surface area contributed by atoms with Crippen molar-refractivity contribution in [3.05, 3.63) is 59.2 Å². The fourth-order valence-corrected chi connectivity index (χ4v) is 4.95. The topological polar surface area (TPSA) is 59.1 Å². The van der Waals surface area contributed by atoms with Crippen molar-refractivity contribution in [2.75, 3.05) is 19.9 Å². The summed E-state index contributed by atoms with van der Waals surface area (Å²) in [5.41, 5.74) is 0.492. The Labute approximate surface area is 188 Å². The summed E-state index contributed by atoms with van der Waals surface area (Å²) in [7, 11) is 0. The summed E-state index contributed by atoms with van der Waals surface area (Å²) in [5, 5.41) is 0. The van der Waals surface area contributed by atoms with Crippen LogP contribution in [0.4, 0.5) is 13.2 Å². The van der Waals surface area contributed by atoms with Crippen LogP contribution in [0.5, 0.6) is 11.5 Å². The van der Waals surface area contributed by atoms with E-state index in [2.05, 4.69) is 0 Å². The van der Waals surface area contributed by atoms with Crippen molar-refractivity contribution in [3.63, 3.8) is 0 Å². The predicted octanol–water partition coefficient (Wildman–Crippen LogP) is 4.09. The maximum atomic E-state index is 13.1. The zero-order chi connectivity index (χ0) is 23.2. The number of carbonyl (C=O) groups is 2. The summed E-state index contributed by atoms with van der Waals surface area (Å²) in [4.78, 5) is 29.3. The van der Waals surface area contributed by atoms with Crippen LogP contribution in [0.15, 0.2) is 42.5 Å². The van der Waals surface area contributed by atoms with Gasteiger partial charge in [0.15, 0.2) is 11.5 Å². The first-order valence-electron chi connectivity index (χ1n) is 10.9. The van der Waals surface area contributed by atoms with Crippen molar-refractivity contribution in [3.8, 4) is 11.5 Å². The van der Waals surface area contributed by atoms with Crippen molar-refractivity contribution in [1.82, 2.24) is 9.80 Å². The van der Waals surface area contributed by atoms with Gasteiger partial charge in [0, 0.05) is 37.7 Å². The van der Waals surface area contributed by atoms with Crippen LogP contribution in [0.2, 0.25) is 0 Å². The van der Waals surface area contributed by atoms with E-state index < -0.39 is 11.7 Å². The lowest BCUT2D eigenvalue weighted by molar-refractivity contribution is -0.141. The third-order valence-corrected chi connectivity index (χ3v) is 6.68. The van der Waals surface area contributed by atoms with Crippen molar-refractivity contribution >= 4 is 11.8 Å². The summed E-state index contributed by atoms with van der Waals surface area (Å²) >= 11 is 0. The number of amides is 2. The van der Waals surface area contributed by atoms with Crippen LogP contribution in [0.1, 0.15) is 40.7 Å². The van der Waals surface area contributed by atoms with Gasteiger partial charge in [-0.3, -0.25) is 9.59 Å². The molecule has 2 saturated heterocycles. The van der Waals surface area contributed by atoms with E-state index in [4.69, 9.17) is 9.47 Å². The number of carbonyl (C=O) groups excluding carboxylic acids is 2. The van der Waals surface area contributed by atoms with E-state index in [9.17, 15) is 22.8 Å². The van der Waals surface area contributed by atoms with E-state index in [0.717, 1.165) is 12.1 Å². The van der Waals surface area contributed by atoms with Gasteiger partial charge < -0.3 is 19.3 Å². The Kier molecular flexibility index (Phi) is 5.42. The van der Waals surface area contributed by atoms with Crippen LogP contribution in [0, 0.1) is 5.92 Å². The Bertz CT molecular complexity index is 1070. The summed E-state index contributed by atoms with van der Waals surface area (Å²) in [6.07, 6.45) is -2.69. The molecule has 2 amide bonds. The minimum atomic E-state index is -4.39. The molecule has 0 unspecified atom stereocenters. The van der Waals surface area contributed by atoms with E-state index >= 15 is 0 Å². The molecule has 33 heavy (non-hydrogen) atoms. The number of hydrogen-bond acceptors (Lipinski definition) is 4. The fourth-order valence-electron chi connectivity index (χ4n) is 4.95. The Balaban J connectivity index is 1.27. The molecule has 174 valence electrons. The highest BCUT2D eigenvalue weighted by Gasteiger charge is 2.40. The Morgan fingerprint density at radius 1 is 1.03 bits per heavy atom. The molecule has 2 atom stereocenters. The third kappa shape index (κ3) is 4.24. The SMILES string of the molecule is O=C(c1ccc2c(c1)OCO2)N1CC[C@@H]2[C@@H](CCC(=O)N2Cc2ccc(C(F)(F)F)cc2)C1. The first kappa shape index (κ1) is 21.6. The molecule has 0 bridgehead atoms. The summed E-state index contributed by atoms with van der Waals surface area (Å²) in [5.74, 6) is 1.23. The van der Waals surface area contributed by atoms with Gasteiger partial charge in [0.1, 0.15) is 0 Å². The molecule has 0 saturated carbocycles. The van der Waals surface area contributed by atoms with E-state index in [1.54, 1.807) is 23.1 Å². The number of fused-ring (bicyclic) bond motifs is 2. The second kappa shape index (κ2) is 8.28. The average molecular weight is 460 g/mol. The van der Waals surface area contributed by atoms with Gasteiger partial charge in [0.25, 0.3) is 5.91 Å². The van der Waals surface area contributed by atoms with Gasteiger partial charge >= 0.3 is 6.18 Å². The van der Waals surface area contributed by atoms with E-state index in [-0.39, 0.29) is 37.1 Å². The second-order valence-corrected chi connectivity index (χ2v) is 8.69. The lowest BCUT2D eigenvalue weighted by Gasteiger charge is -2.47. The first-order chi connectivity index (χ1) is 15.8. The van der Waals surface area contributed by atoms with Crippen LogP contribution < -0.4 is 9.47 Å². The number of ether oxygens (including phenoxy) is 2. The number of benzene rings is 2. The fraction of sp³-hybridized carbons (Fsp3) is 0.417. The second-order valence-electron chi connectivity index (χ2n) is 8.69. The molecule has 6 nitrogen and oxygen atoms in total. The van der Waals surface area contributed by atoms with E-state index in [1.807, 2.05) is 4.90 Å². The standard InChI is InChI=1S/C24H23F3N2O4/c25-24(26,27)18-5-1-15(2-6-18)12-29-19-9-10-28(13-17(19)4-8-22(29)30)23(31)16-3-7-20-21(11-16)33-14-32-20/h1-3,5-7,11,17,19H,4,8-10,12-14H2/t17-,19+/m0/s1. The first-order valence-corrected chi connectivity index (χ1v) is 10.9.